The van der Waals surface area contributed by atoms with E-state index < -0.39 is 18.4 Å². The molecule has 1 aromatic carbocycles. The lowest BCUT2D eigenvalue weighted by atomic mass is 10.2. The molecule has 7 heteroatoms. The van der Waals surface area contributed by atoms with Gasteiger partial charge in [-0.3, -0.25) is 4.18 Å². The number of hydrogen-bond acceptors (Lipinski definition) is 4. The third-order valence-corrected chi connectivity index (χ3v) is 9.73. The van der Waals surface area contributed by atoms with Gasteiger partial charge in [-0.05, 0) is 31.1 Å². The molecule has 0 aliphatic heterocycles. The minimum absolute atomic E-state index is 0.0117. The second-order valence-electron chi connectivity index (χ2n) is 6.70. The summed E-state index contributed by atoms with van der Waals surface area (Å²) in [6.07, 6.45) is 0. The van der Waals surface area contributed by atoms with E-state index in [0.29, 0.717) is 16.3 Å². The Balaban J connectivity index is 3.21. The lowest BCUT2D eigenvalue weighted by Gasteiger charge is -2.37. The lowest BCUT2D eigenvalue weighted by Crippen LogP contribution is -2.44. The summed E-state index contributed by atoms with van der Waals surface area (Å²) >= 11 is 6.25. The van der Waals surface area contributed by atoms with Crippen molar-refractivity contribution in [1.29, 1.82) is 0 Å². The van der Waals surface area contributed by atoms with Crippen molar-refractivity contribution in [3.63, 3.8) is 0 Å². The summed E-state index contributed by atoms with van der Waals surface area (Å²) in [6, 6.07) is 5.14. The van der Waals surface area contributed by atoms with Gasteiger partial charge in [-0.2, -0.15) is 8.42 Å². The lowest BCUT2D eigenvalue weighted by molar-refractivity contribution is 0.337. The van der Waals surface area contributed by atoms with Crippen LogP contribution < -0.4 is 4.43 Å². The third kappa shape index (κ3) is 4.98. The van der Waals surface area contributed by atoms with Crippen molar-refractivity contribution in [3.8, 4) is 5.75 Å². The van der Waals surface area contributed by atoms with Crippen molar-refractivity contribution in [2.75, 3.05) is 6.61 Å². The molecule has 0 N–H and O–H groups in total. The van der Waals surface area contributed by atoms with Crippen molar-refractivity contribution in [2.45, 2.75) is 51.6 Å². The summed E-state index contributed by atoms with van der Waals surface area (Å²) in [6.45, 7) is 12.3. The minimum atomic E-state index is -3.64. The van der Waals surface area contributed by atoms with Gasteiger partial charge in [-0.1, -0.05) is 44.5 Å². The average molecular weight is 365 g/mol. The maximum atomic E-state index is 11.9. The van der Waals surface area contributed by atoms with Gasteiger partial charge >= 0.3 is 0 Å². The van der Waals surface area contributed by atoms with Gasteiger partial charge in [-0.15, -0.1) is 0 Å². The van der Waals surface area contributed by atoms with Crippen LogP contribution in [0.3, 0.4) is 0 Å². The Morgan fingerprint density at radius 1 is 1.23 bits per heavy atom. The molecule has 0 saturated carbocycles. The maximum absolute atomic E-state index is 11.9. The van der Waals surface area contributed by atoms with E-state index in [1.807, 2.05) is 0 Å². The first-order chi connectivity index (χ1) is 9.89. The highest BCUT2D eigenvalue weighted by Crippen LogP contribution is 2.40. The molecule has 0 fully saturated rings. The van der Waals surface area contributed by atoms with Crippen LogP contribution in [0.5, 0.6) is 5.75 Å². The van der Waals surface area contributed by atoms with E-state index in [-0.39, 0.29) is 17.4 Å². The number of halogens is 1. The molecule has 0 aliphatic carbocycles. The Hall–Kier alpha value is -0.563. The normalized spacial score (nSPS) is 13.2. The number of hydrogen-bond donors (Lipinski definition) is 0. The van der Waals surface area contributed by atoms with Gasteiger partial charge in [0.1, 0.15) is 11.5 Å². The molecule has 0 radical (unpaired) electrons. The standard InChI is InChI=1S/C15H25ClO4SSi/c1-7-19-21(17,18)11-12-9-8-10-13(16)14(12)20-22(5,6)15(2,3)4/h8-10H,7,11H2,1-6H3. The molecule has 0 aliphatic rings. The average Bonchev–Trinajstić information content (AvgIpc) is 2.31. The van der Waals surface area contributed by atoms with Crippen LogP contribution in [0.4, 0.5) is 0 Å². The van der Waals surface area contributed by atoms with E-state index >= 15 is 0 Å². The molecule has 1 aromatic rings. The van der Waals surface area contributed by atoms with E-state index in [4.69, 9.17) is 20.2 Å². The Kier molecular flexibility index (Phi) is 6.12. The maximum Gasteiger partial charge on any atom is 0.271 e. The third-order valence-electron chi connectivity index (χ3n) is 3.84. The Labute approximate surface area is 140 Å². The van der Waals surface area contributed by atoms with E-state index in [1.54, 1.807) is 25.1 Å². The molecular weight excluding hydrogens is 340 g/mol. The quantitative estimate of drug-likeness (QED) is 0.547. The number of benzene rings is 1. The summed E-state index contributed by atoms with van der Waals surface area (Å²) in [5, 5.41) is 0.413. The summed E-state index contributed by atoms with van der Waals surface area (Å²) in [7, 11) is -5.76. The summed E-state index contributed by atoms with van der Waals surface area (Å²) in [5.74, 6) is 0.213. The van der Waals surface area contributed by atoms with E-state index in [9.17, 15) is 8.42 Å². The van der Waals surface area contributed by atoms with Crippen LogP contribution in [0.1, 0.15) is 33.3 Å². The van der Waals surface area contributed by atoms with Crippen LogP contribution in [0.15, 0.2) is 18.2 Å². The van der Waals surface area contributed by atoms with E-state index in [1.165, 1.54) is 0 Å². The molecule has 22 heavy (non-hydrogen) atoms. The van der Waals surface area contributed by atoms with E-state index in [2.05, 4.69) is 33.9 Å². The second kappa shape index (κ2) is 6.91. The topological polar surface area (TPSA) is 52.6 Å². The summed E-state index contributed by atoms with van der Waals surface area (Å²) < 4.78 is 34.9. The highest BCUT2D eigenvalue weighted by Gasteiger charge is 2.40. The number of rotatable bonds is 6. The van der Waals surface area contributed by atoms with Crippen molar-refractivity contribution < 1.29 is 17.0 Å². The van der Waals surface area contributed by atoms with Gasteiger partial charge in [0.2, 0.25) is 0 Å². The molecule has 0 saturated heterocycles. The highest BCUT2D eigenvalue weighted by atomic mass is 35.5. The first-order valence-electron chi connectivity index (χ1n) is 7.23. The molecule has 0 bridgehead atoms. The largest absolute Gasteiger partial charge is 0.542 e. The van der Waals surface area contributed by atoms with E-state index in [0.717, 1.165) is 0 Å². The molecule has 4 nitrogen and oxygen atoms in total. The van der Waals surface area contributed by atoms with Crippen LogP contribution in [0.25, 0.3) is 0 Å². The predicted molar refractivity (Wildman–Crippen MR) is 93.5 cm³/mol. The first kappa shape index (κ1) is 19.5. The second-order valence-corrected chi connectivity index (χ2v) is 13.5. The van der Waals surface area contributed by atoms with Crippen molar-refractivity contribution in [2.24, 2.45) is 0 Å². The highest BCUT2D eigenvalue weighted by molar-refractivity contribution is 7.85. The van der Waals surface area contributed by atoms with Gasteiger partial charge in [0, 0.05) is 5.56 Å². The van der Waals surface area contributed by atoms with Crippen molar-refractivity contribution >= 4 is 30.0 Å². The van der Waals surface area contributed by atoms with Crippen LogP contribution in [0.2, 0.25) is 23.2 Å². The Morgan fingerprint density at radius 3 is 2.32 bits per heavy atom. The molecular formula is C15H25ClO4SSi. The molecule has 126 valence electrons. The predicted octanol–water partition coefficient (Wildman–Crippen LogP) is 4.59. The SMILES string of the molecule is CCOS(=O)(=O)Cc1cccc(Cl)c1O[Si](C)(C)C(C)(C)C. The van der Waals surface area contributed by atoms with Crippen molar-refractivity contribution in [3.05, 3.63) is 28.8 Å². The van der Waals surface area contributed by atoms with Crippen LogP contribution >= 0.6 is 11.6 Å². The van der Waals surface area contributed by atoms with Crippen molar-refractivity contribution in [1.82, 2.24) is 0 Å². The monoisotopic (exact) mass is 364 g/mol. The Bertz CT molecular complexity index is 621. The zero-order chi connectivity index (χ0) is 17.2. The zero-order valence-electron chi connectivity index (χ0n) is 14.1. The van der Waals surface area contributed by atoms with Crippen LogP contribution in [0, 0.1) is 0 Å². The Morgan fingerprint density at radius 2 is 1.82 bits per heavy atom. The summed E-state index contributed by atoms with van der Waals surface area (Å²) in [4.78, 5) is 0. The van der Waals surface area contributed by atoms with Crippen LogP contribution in [-0.4, -0.2) is 23.3 Å². The summed E-state index contributed by atoms with van der Waals surface area (Å²) in [5.41, 5.74) is 0.533. The first-order valence-corrected chi connectivity index (χ1v) is 12.1. The van der Waals surface area contributed by atoms with Gasteiger partial charge < -0.3 is 4.43 Å². The molecule has 0 spiro atoms. The molecule has 0 amide bonds. The molecule has 0 unspecified atom stereocenters. The fraction of sp³-hybridized carbons (Fsp3) is 0.600. The van der Waals surface area contributed by atoms with Crippen LogP contribution in [-0.2, 0) is 20.1 Å². The molecule has 0 heterocycles. The fourth-order valence-electron chi connectivity index (χ4n) is 1.60. The van der Waals surface area contributed by atoms with Gasteiger partial charge in [0.05, 0.1) is 11.6 Å². The molecule has 0 aromatic heterocycles. The smallest absolute Gasteiger partial charge is 0.271 e. The zero-order valence-corrected chi connectivity index (χ0v) is 16.6. The minimum Gasteiger partial charge on any atom is -0.542 e. The fourth-order valence-corrected chi connectivity index (χ4v) is 4.01. The number of para-hydroxylation sites is 1. The van der Waals surface area contributed by atoms with Gasteiger partial charge in [0.25, 0.3) is 18.4 Å². The van der Waals surface area contributed by atoms with Gasteiger partial charge in [-0.25, -0.2) is 0 Å². The molecule has 0 atom stereocenters. The molecule has 1 rings (SSSR count). The van der Waals surface area contributed by atoms with Gasteiger partial charge in [0.15, 0.2) is 0 Å².